The van der Waals surface area contributed by atoms with E-state index in [0.717, 1.165) is 52.4 Å². The van der Waals surface area contributed by atoms with Crippen molar-refractivity contribution < 1.29 is 9.53 Å². The van der Waals surface area contributed by atoms with Gasteiger partial charge in [0.1, 0.15) is 0 Å². The lowest BCUT2D eigenvalue weighted by Gasteiger charge is -2.35. The molecule has 0 aliphatic carbocycles. The third kappa shape index (κ3) is 4.90. The number of carbonyl (C=O) groups is 1. The molecule has 1 aromatic rings. The normalized spacial score (nSPS) is 23.2. The largest absolute Gasteiger partial charge is 0.374 e. The van der Waals surface area contributed by atoms with Crippen LogP contribution in [0.2, 0.25) is 0 Å². The second-order valence-corrected chi connectivity index (χ2v) is 6.57. The van der Waals surface area contributed by atoms with Crippen molar-refractivity contribution in [3.63, 3.8) is 0 Å². The van der Waals surface area contributed by atoms with Crippen LogP contribution in [0.1, 0.15) is 5.56 Å². The van der Waals surface area contributed by atoms with Crippen LogP contribution in [0.3, 0.4) is 0 Å². The minimum absolute atomic E-state index is 0.0212. The van der Waals surface area contributed by atoms with Crippen molar-refractivity contribution in [1.82, 2.24) is 25.0 Å². The van der Waals surface area contributed by atoms with Gasteiger partial charge in [0, 0.05) is 64.8 Å². The van der Waals surface area contributed by atoms with Crippen LogP contribution >= 0.6 is 0 Å². The Hall–Kier alpha value is -1.70. The molecule has 2 aliphatic rings. The maximum atomic E-state index is 12.3. The molecule has 3 rings (SSSR count). The summed E-state index contributed by atoms with van der Waals surface area (Å²) in [6.07, 6.45) is 3.79. The van der Waals surface area contributed by atoms with Crippen LogP contribution in [0, 0.1) is 0 Å². The van der Waals surface area contributed by atoms with Gasteiger partial charge in [0.05, 0.1) is 12.7 Å². The van der Waals surface area contributed by atoms with E-state index in [1.165, 1.54) is 5.56 Å². The van der Waals surface area contributed by atoms with E-state index in [1.54, 1.807) is 6.20 Å². The van der Waals surface area contributed by atoms with Crippen molar-refractivity contribution in [2.24, 2.45) is 0 Å². The summed E-state index contributed by atoms with van der Waals surface area (Å²) in [5.41, 5.74) is 1.22. The fourth-order valence-corrected chi connectivity index (χ4v) is 3.16. The number of amides is 2. The topological polar surface area (TPSA) is 60.9 Å². The van der Waals surface area contributed by atoms with Gasteiger partial charge in [0.25, 0.3) is 0 Å². The number of nitrogens with zero attached hydrogens (tertiary/aromatic N) is 4. The van der Waals surface area contributed by atoms with Gasteiger partial charge in [0.2, 0.25) is 0 Å². The first-order valence-electron chi connectivity index (χ1n) is 8.65. The van der Waals surface area contributed by atoms with Crippen LogP contribution in [0.4, 0.5) is 4.79 Å². The first-order chi connectivity index (χ1) is 11.7. The lowest BCUT2D eigenvalue weighted by atomic mass is 10.2. The predicted octanol–water partition coefficient (Wildman–Crippen LogP) is 0.239. The predicted molar refractivity (Wildman–Crippen MR) is 91.7 cm³/mol. The highest BCUT2D eigenvalue weighted by Gasteiger charge is 2.23. The molecule has 1 unspecified atom stereocenters. The molecule has 0 radical (unpaired) electrons. The van der Waals surface area contributed by atoms with E-state index in [2.05, 4.69) is 33.2 Å². The summed E-state index contributed by atoms with van der Waals surface area (Å²) in [6.45, 7) is 7.36. The van der Waals surface area contributed by atoms with Crippen molar-refractivity contribution in [2.45, 2.75) is 12.6 Å². The molecular formula is C17H27N5O2. The van der Waals surface area contributed by atoms with Gasteiger partial charge >= 0.3 is 6.03 Å². The van der Waals surface area contributed by atoms with Gasteiger partial charge < -0.3 is 19.9 Å². The summed E-state index contributed by atoms with van der Waals surface area (Å²) in [5.74, 6) is 0. The Labute approximate surface area is 143 Å². The Bertz CT molecular complexity index is 519. The zero-order valence-electron chi connectivity index (χ0n) is 14.4. The SMILES string of the molecule is CN1CCOC(CNC(=O)N2CCN(Cc3cccnc3)CC2)C1. The molecule has 7 nitrogen and oxygen atoms in total. The average Bonchev–Trinajstić information content (AvgIpc) is 2.61. The molecule has 1 N–H and O–H groups in total. The average molecular weight is 333 g/mol. The fourth-order valence-electron chi connectivity index (χ4n) is 3.16. The van der Waals surface area contributed by atoms with Gasteiger partial charge in [-0.25, -0.2) is 4.79 Å². The Balaban J connectivity index is 1.37. The van der Waals surface area contributed by atoms with Crippen molar-refractivity contribution >= 4 is 6.03 Å². The zero-order chi connectivity index (χ0) is 16.8. The number of piperazine rings is 1. The standard InChI is InChI=1S/C17H27N5O2/c1-20-9-10-24-16(14-20)12-19-17(23)22-7-5-21(6-8-22)13-15-3-2-4-18-11-15/h2-4,11,16H,5-10,12-14H2,1H3,(H,19,23). The highest BCUT2D eigenvalue weighted by atomic mass is 16.5. The summed E-state index contributed by atoms with van der Waals surface area (Å²) in [4.78, 5) is 22.9. The molecule has 3 heterocycles. The van der Waals surface area contributed by atoms with Crippen LogP contribution < -0.4 is 5.32 Å². The minimum atomic E-state index is 0.0212. The van der Waals surface area contributed by atoms with Crippen LogP contribution in [0.25, 0.3) is 0 Å². The van der Waals surface area contributed by atoms with Crippen molar-refractivity contribution in [3.8, 4) is 0 Å². The van der Waals surface area contributed by atoms with Crippen molar-refractivity contribution in [3.05, 3.63) is 30.1 Å². The van der Waals surface area contributed by atoms with Crippen LogP contribution in [-0.2, 0) is 11.3 Å². The molecular weight excluding hydrogens is 306 g/mol. The third-order valence-corrected chi connectivity index (χ3v) is 4.61. The minimum Gasteiger partial charge on any atom is -0.374 e. The molecule has 2 amide bonds. The molecule has 132 valence electrons. The number of carbonyl (C=O) groups excluding carboxylic acids is 1. The van der Waals surface area contributed by atoms with E-state index in [1.807, 2.05) is 17.2 Å². The maximum absolute atomic E-state index is 12.3. The fraction of sp³-hybridized carbons (Fsp3) is 0.647. The number of pyridine rings is 1. The number of hydrogen-bond acceptors (Lipinski definition) is 5. The number of ether oxygens (including phenoxy) is 1. The molecule has 0 saturated carbocycles. The number of rotatable bonds is 4. The number of urea groups is 1. The van der Waals surface area contributed by atoms with Crippen LogP contribution in [-0.4, -0.2) is 91.3 Å². The first-order valence-corrected chi connectivity index (χ1v) is 8.65. The summed E-state index contributed by atoms with van der Waals surface area (Å²) in [7, 11) is 2.08. The first kappa shape index (κ1) is 17.1. The summed E-state index contributed by atoms with van der Waals surface area (Å²) in [6, 6.07) is 4.07. The molecule has 2 saturated heterocycles. The van der Waals surface area contributed by atoms with Gasteiger partial charge in [-0.05, 0) is 18.7 Å². The Morgan fingerprint density at radius 3 is 2.88 bits per heavy atom. The monoisotopic (exact) mass is 333 g/mol. The summed E-state index contributed by atoms with van der Waals surface area (Å²) >= 11 is 0. The van der Waals surface area contributed by atoms with E-state index < -0.39 is 0 Å². The molecule has 0 aromatic carbocycles. The van der Waals surface area contributed by atoms with E-state index in [9.17, 15) is 4.79 Å². The third-order valence-electron chi connectivity index (χ3n) is 4.61. The van der Waals surface area contributed by atoms with Gasteiger partial charge in [-0.3, -0.25) is 9.88 Å². The number of likely N-dealkylation sites (N-methyl/N-ethyl adjacent to an activating group) is 1. The molecule has 7 heteroatoms. The number of morpholine rings is 1. The second kappa shape index (κ2) is 8.41. The van der Waals surface area contributed by atoms with Crippen molar-refractivity contribution in [1.29, 1.82) is 0 Å². The maximum Gasteiger partial charge on any atom is 0.317 e. The summed E-state index contributed by atoms with van der Waals surface area (Å²) < 4.78 is 5.68. The van der Waals surface area contributed by atoms with E-state index in [0.29, 0.717) is 6.54 Å². The molecule has 0 spiro atoms. The zero-order valence-corrected chi connectivity index (χ0v) is 14.4. The molecule has 24 heavy (non-hydrogen) atoms. The Morgan fingerprint density at radius 1 is 1.33 bits per heavy atom. The van der Waals surface area contributed by atoms with Crippen molar-refractivity contribution in [2.75, 3.05) is 59.5 Å². The van der Waals surface area contributed by atoms with Gasteiger partial charge in [0.15, 0.2) is 0 Å². The van der Waals surface area contributed by atoms with Gasteiger partial charge in [-0.1, -0.05) is 6.07 Å². The van der Waals surface area contributed by atoms with Gasteiger partial charge in [-0.15, -0.1) is 0 Å². The smallest absolute Gasteiger partial charge is 0.317 e. The molecule has 0 bridgehead atoms. The lowest BCUT2D eigenvalue weighted by Crippen LogP contribution is -2.53. The molecule has 2 aliphatic heterocycles. The van der Waals surface area contributed by atoms with E-state index in [4.69, 9.17) is 4.74 Å². The molecule has 2 fully saturated rings. The Kier molecular flexibility index (Phi) is 6.01. The quantitative estimate of drug-likeness (QED) is 0.855. The Morgan fingerprint density at radius 2 is 2.17 bits per heavy atom. The molecule has 1 atom stereocenters. The second-order valence-electron chi connectivity index (χ2n) is 6.57. The lowest BCUT2D eigenvalue weighted by molar-refractivity contribution is -0.0174. The highest BCUT2D eigenvalue weighted by Crippen LogP contribution is 2.08. The number of hydrogen-bond donors (Lipinski definition) is 1. The van der Waals surface area contributed by atoms with Crippen LogP contribution in [0.5, 0.6) is 0 Å². The highest BCUT2D eigenvalue weighted by molar-refractivity contribution is 5.74. The molecule has 1 aromatic heterocycles. The van der Waals surface area contributed by atoms with E-state index >= 15 is 0 Å². The van der Waals surface area contributed by atoms with Gasteiger partial charge in [-0.2, -0.15) is 0 Å². The van der Waals surface area contributed by atoms with E-state index in [-0.39, 0.29) is 12.1 Å². The van der Waals surface area contributed by atoms with Crippen LogP contribution in [0.15, 0.2) is 24.5 Å². The number of aromatic nitrogens is 1. The number of nitrogens with one attached hydrogen (secondary N) is 1. The summed E-state index contributed by atoms with van der Waals surface area (Å²) in [5, 5.41) is 3.01.